The van der Waals surface area contributed by atoms with Crippen molar-refractivity contribution in [3.05, 3.63) is 33.8 Å². The standard InChI is InChI=1S/C14H18BrF2NO/c15-9-6-10(16)12(11(17)7-9)13(18)14(19)8-4-2-1-3-5-8/h6-8,13-14,19H,1-5,18H2/t13-,14+/m0/s1. The van der Waals surface area contributed by atoms with Gasteiger partial charge in [0.15, 0.2) is 0 Å². The second-order valence-corrected chi connectivity index (χ2v) is 6.11. The van der Waals surface area contributed by atoms with Gasteiger partial charge < -0.3 is 10.8 Å². The summed E-state index contributed by atoms with van der Waals surface area (Å²) < 4.78 is 28.0. The lowest BCUT2D eigenvalue weighted by atomic mass is 9.81. The van der Waals surface area contributed by atoms with E-state index in [1.165, 1.54) is 12.1 Å². The largest absolute Gasteiger partial charge is 0.391 e. The zero-order valence-electron chi connectivity index (χ0n) is 10.6. The Morgan fingerprint density at radius 3 is 2.21 bits per heavy atom. The first kappa shape index (κ1) is 14.9. The van der Waals surface area contributed by atoms with E-state index in [0.29, 0.717) is 4.47 Å². The maximum atomic E-state index is 13.8. The van der Waals surface area contributed by atoms with Gasteiger partial charge in [-0.15, -0.1) is 0 Å². The molecular weight excluding hydrogens is 316 g/mol. The first-order chi connectivity index (χ1) is 9.00. The van der Waals surface area contributed by atoms with Crippen LogP contribution in [-0.2, 0) is 0 Å². The van der Waals surface area contributed by atoms with Crippen LogP contribution in [0.25, 0.3) is 0 Å². The number of nitrogens with two attached hydrogens (primary N) is 1. The van der Waals surface area contributed by atoms with Crippen molar-refractivity contribution in [3.8, 4) is 0 Å². The fraction of sp³-hybridized carbons (Fsp3) is 0.571. The van der Waals surface area contributed by atoms with Crippen molar-refractivity contribution in [2.45, 2.75) is 44.2 Å². The molecule has 0 radical (unpaired) electrons. The average molecular weight is 334 g/mol. The lowest BCUT2D eigenvalue weighted by Gasteiger charge is -2.30. The highest BCUT2D eigenvalue weighted by molar-refractivity contribution is 9.10. The van der Waals surface area contributed by atoms with Gasteiger partial charge >= 0.3 is 0 Å². The Hall–Kier alpha value is -0.520. The van der Waals surface area contributed by atoms with E-state index in [1.54, 1.807) is 0 Å². The van der Waals surface area contributed by atoms with E-state index in [-0.39, 0.29) is 11.5 Å². The number of hydrogen-bond donors (Lipinski definition) is 2. The minimum atomic E-state index is -1.02. The van der Waals surface area contributed by atoms with Crippen LogP contribution >= 0.6 is 15.9 Å². The lowest BCUT2D eigenvalue weighted by molar-refractivity contribution is 0.0596. The van der Waals surface area contributed by atoms with Crippen LogP contribution in [0.15, 0.2) is 16.6 Å². The number of benzene rings is 1. The summed E-state index contributed by atoms with van der Waals surface area (Å²) in [7, 11) is 0. The third kappa shape index (κ3) is 3.33. The molecule has 1 aliphatic rings. The van der Waals surface area contributed by atoms with Crippen molar-refractivity contribution in [1.29, 1.82) is 0 Å². The third-order valence-electron chi connectivity index (χ3n) is 3.88. The number of aliphatic hydroxyl groups excluding tert-OH is 1. The Balaban J connectivity index is 2.20. The van der Waals surface area contributed by atoms with E-state index < -0.39 is 23.8 Å². The molecule has 0 heterocycles. The molecule has 2 rings (SSSR count). The quantitative estimate of drug-likeness (QED) is 0.886. The topological polar surface area (TPSA) is 46.2 Å². The van der Waals surface area contributed by atoms with Crippen LogP contribution in [0.3, 0.4) is 0 Å². The number of rotatable bonds is 3. The second kappa shape index (κ2) is 6.29. The van der Waals surface area contributed by atoms with E-state index in [1.807, 2.05) is 0 Å². The van der Waals surface area contributed by atoms with Gasteiger partial charge in [0.1, 0.15) is 11.6 Å². The zero-order chi connectivity index (χ0) is 14.0. The third-order valence-corrected chi connectivity index (χ3v) is 4.34. The molecule has 1 saturated carbocycles. The molecule has 19 heavy (non-hydrogen) atoms. The minimum absolute atomic E-state index is 0.0335. The van der Waals surface area contributed by atoms with Gasteiger partial charge in [0.2, 0.25) is 0 Å². The van der Waals surface area contributed by atoms with E-state index in [0.717, 1.165) is 32.1 Å². The average Bonchev–Trinajstić information content (AvgIpc) is 2.37. The highest BCUT2D eigenvalue weighted by Gasteiger charge is 2.31. The maximum absolute atomic E-state index is 13.8. The number of halogens is 3. The highest BCUT2D eigenvalue weighted by Crippen LogP contribution is 2.33. The molecule has 5 heteroatoms. The van der Waals surface area contributed by atoms with E-state index in [4.69, 9.17) is 5.73 Å². The van der Waals surface area contributed by atoms with Crippen molar-refractivity contribution in [1.82, 2.24) is 0 Å². The van der Waals surface area contributed by atoms with Crippen molar-refractivity contribution in [2.24, 2.45) is 11.7 Å². The summed E-state index contributed by atoms with van der Waals surface area (Å²) in [5, 5.41) is 10.2. The Morgan fingerprint density at radius 1 is 1.16 bits per heavy atom. The Morgan fingerprint density at radius 2 is 1.68 bits per heavy atom. The van der Waals surface area contributed by atoms with Gasteiger partial charge in [-0.1, -0.05) is 35.2 Å². The first-order valence-corrected chi connectivity index (χ1v) is 7.38. The lowest BCUT2D eigenvalue weighted by Crippen LogP contribution is -2.35. The summed E-state index contributed by atoms with van der Waals surface area (Å²) in [5.74, 6) is -1.39. The Kier molecular flexibility index (Phi) is 4.92. The SMILES string of the molecule is N[C@@H](c1c(F)cc(Br)cc1F)[C@H](O)C1CCCCC1. The monoisotopic (exact) mass is 333 g/mol. The smallest absolute Gasteiger partial charge is 0.132 e. The zero-order valence-corrected chi connectivity index (χ0v) is 12.2. The second-order valence-electron chi connectivity index (χ2n) is 5.20. The number of aliphatic hydroxyl groups is 1. The Bertz CT molecular complexity index is 426. The van der Waals surface area contributed by atoms with Gasteiger partial charge in [0, 0.05) is 10.0 Å². The summed E-state index contributed by atoms with van der Waals surface area (Å²) in [6.45, 7) is 0. The minimum Gasteiger partial charge on any atom is -0.391 e. The van der Waals surface area contributed by atoms with Crippen LogP contribution in [0, 0.1) is 17.6 Å². The summed E-state index contributed by atoms with van der Waals surface area (Å²) in [6.07, 6.45) is 4.08. The molecule has 0 saturated heterocycles. The highest BCUT2D eigenvalue weighted by atomic mass is 79.9. The van der Waals surface area contributed by atoms with E-state index in [9.17, 15) is 13.9 Å². The van der Waals surface area contributed by atoms with Crippen LogP contribution in [0.2, 0.25) is 0 Å². The predicted molar refractivity (Wildman–Crippen MR) is 73.6 cm³/mol. The van der Waals surface area contributed by atoms with Gasteiger partial charge in [-0.25, -0.2) is 8.78 Å². The van der Waals surface area contributed by atoms with Crippen molar-refractivity contribution >= 4 is 15.9 Å². The normalized spacial score (nSPS) is 20.3. The van der Waals surface area contributed by atoms with E-state index >= 15 is 0 Å². The van der Waals surface area contributed by atoms with Gasteiger partial charge in [-0.2, -0.15) is 0 Å². The van der Waals surface area contributed by atoms with Gasteiger partial charge in [-0.05, 0) is 30.9 Å². The molecule has 3 N–H and O–H groups in total. The van der Waals surface area contributed by atoms with Crippen molar-refractivity contribution < 1.29 is 13.9 Å². The van der Waals surface area contributed by atoms with Gasteiger partial charge in [0.05, 0.1) is 12.1 Å². The molecule has 2 nitrogen and oxygen atoms in total. The molecule has 106 valence electrons. The molecule has 0 aliphatic heterocycles. The van der Waals surface area contributed by atoms with Crippen LogP contribution < -0.4 is 5.73 Å². The molecule has 2 atom stereocenters. The van der Waals surface area contributed by atoms with Gasteiger partial charge in [0.25, 0.3) is 0 Å². The molecule has 1 aromatic rings. The van der Waals surface area contributed by atoms with Crippen LogP contribution in [0.4, 0.5) is 8.78 Å². The summed E-state index contributed by atoms with van der Waals surface area (Å²) in [5.41, 5.74) is 5.65. The van der Waals surface area contributed by atoms with Crippen LogP contribution in [-0.4, -0.2) is 11.2 Å². The molecule has 0 amide bonds. The first-order valence-electron chi connectivity index (χ1n) is 6.59. The number of hydrogen-bond acceptors (Lipinski definition) is 2. The van der Waals surface area contributed by atoms with Gasteiger partial charge in [-0.3, -0.25) is 0 Å². The fourth-order valence-electron chi connectivity index (χ4n) is 2.81. The van der Waals surface area contributed by atoms with Crippen LogP contribution in [0.5, 0.6) is 0 Å². The summed E-state index contributed by atoms with van der Waals surface area (Å²) in [4.78, 5) is 0. The molecule has 0 aromatic heterocycles. The van der Waals surface area contributed by atoms with E-state index in [2.05, 4.69) is 15.9 Å². The molecule has 0 spiro atoms. The maximum Gasteiger partial charge on any atom is 0.132 e. The molecule has 1 fully saturated rings. The summed E-state index contributed by atoms with van der Waals surface area (Å²) in [6, 6.07) is 1.33. The molecule has 0 bridgehead atoms. The molecule has 1 aliphatic carbocycles. The Labute approximate surface area is 120 Å². The fourth-order valence-corrected chi connectivity index (χ4v) is 3.21. The molecule has 1 aromatic carbocycles. The molecule has 0 unspecified atom stereocenters. The predicted octanol–water partition coefficient (Wildman–Crippen LogP) is 3.67. The summed E-state index contributed by atoms with van der Waals surface area (Å²) >= 11 is 3.03. The van der Waals surface area contributed by atoms with Crippen LogP contribution in [0.1, 0.15) is 43.7 Å². The van der Waals surface area contributed by atoms with Crippen molar-refractivity contribution in [2.75, 3.05) is 0 Å². The van der Waals surface area contributed by atoms with Crippen molar-refractivity contribution in [3.63, 3.8) is 0 Å². The molecular formula is C14H18BrF2NO.